The lowest BCUT2D eigenvalue weighted by atomic mass is 10.1. The van der Waals surface area contributed by atoms with E-state index in [0.29, 0.717) is 0 Å². The normalized spacial score (nSPS) is 37.7. The summed E-state index contributed by atoms with van der Waals surface area (Å²) in [6, 6.07) is 0. The Morgan fingerprint density at radius 3 is 2.20 bits per heavy atom. The quantitative estimate of drug-likeness (QED) is 0.102. The highest BCUT2D eigenvalue weighted by Crippen LogP contribution is 2.60. The summed E-state index contributed by atoms with van der Waals surface area (Å²) in [4.78, 5) is 34.9. The molecule has 0 saturated carbocycles. The molecule has 0 spiro atoms. The summed E-state index contributed by atoms with van der Waals surface area (Å²) in [6.45, 7) is -9.86. The Morgan fingerprint density at radius 2 is 1.47 bits per heavy atom. The first kappa shape index (κ1) is 31.0. The highest BCUT2D eigenvalue weighted by molar-refractivity contribution is 8.44. The number of aromatic nitrogens is 8. The monoisotopic (exact) mass is 706 g/mol. The number of nitrogens with one attached hydrogen (secondary N) is 1. The molecule has 7 heterocycles. The van der Waals surface area contributed by atoms with Crippen molar-refractivity contribution in [2.45, 2.75) is 49.1 Å². The summed E-state index contributed by atoms with van der Waals surface area (Å²) >= 11 is 8.13. The first-order chi connectivity index (χ1) is 21.3. The van der Waals surface area contributed by atoms with Crippen LogP contribution >= 0.6 is 38.1 Å². The van der Waals surface area contributed by atoms with Gasteiger partial charge in [0.05, 0.1) is 25.9 Å². The number of rotatable bonds is 2. The number of nitrogen functional groups attached to an aromatic ring is 2. The average molecular weight is 707 g/mol. The zero-order valence-electron chi connectivity index (χ0n) is 22.4. The van der Waals surface area contributed by atoms with Gasteiger partial charge in [0.2, 0.25) is 5.95 Å². The zero-order valence-corrected chi connectivity index (χ0v) is 26.0. The third-order valence-corrected chi connectivity index (χ3v) is 10.6. The predicted octanol–water partition coefficient (Wildman–Crippen LogP) is -0.467. The second-order valence-electron chi connectivity index (χ2n) is 10.1. The van der Waals surface area contributed by atoms with Gasteiger partial charge in [0, 0.05) is 0 Å². The van der Waals surface area contributed by atoms with Gasteiger partial charge < -0.3 is 31.2 Å². The van der Waals surface area contributed by atoms with Crippen LogP contribution < -0.4 is 17.0 Å². The molecule has 3 fully saturated rings. The van der Waals surface area contributed by atoms with Crippen LogP contribution in [0.4, 0.5) is 11.8 Å². The molecule has 3 aliphatic heterocycles. The molecule has 21 nitrogen and oxygen atoms in total. The molecule has 0 amide bonds. The van der Waals surface area contributed by atoms with Crippen LogP contribution in [0.3, 0.4) is 0 Å². The van der Waals surface area contributed by atoms with E-state index in [9.17, 15) is 24.1 Å². The summed E-state index contributed by atoms with van der Waals surface area (Å²) in [7, 11) is 0. The topological polar surface area (TPSA) is 289 Å². The highest BCUT2D eigenvalue weighted by atomic mass is 32.7. The number of hydrogen-bond acceptors (Lipinski definition) is 18. The summed E-state index contributed by atoms with van der Waals surface area (Å²) in [5, 5.41) is 22.4. The number of H-pyrrole nitrogens is 1. The fourth-order valence-corrected chi connectivity index (χ4v) is 8.25. The number of thiol groups is 2. The van der Waals surface area contributed by atoms with E-state index in [0.717, 1.165) is 0 Å². The minimum Gasteiger partial charge on any atom is -0.387 e. The van der Waals surface area contributed by atoms with Crippen molar-refractivity contribution in [2.75, 3.05) is 24.7 Å². The van der Waals surface area contributed by atoms with Gasteiger partial charge in [-0.1, -0.05) is 24.5 Å². The van der Waals surface area contributed by atoms with Gasteiger partial charge in [-0.15, -0.1) is 0 Å². The Hall–Kier alpha value is -2.66. The van der Waals surface area contributed by atoms with E-state index in [1.54, 1.807) is 0 Å². The van der Waals surface area contributed by atoms with Crippen LogP contribution in [0.5, 0.6) is 0 Å². The van der Waals surface area contributed by atoms with Crippen molar-refractivity contribution in [3.8, 4) is 0 Å². The summed E-state index contributed by atoms with van der Waals surface area (Å²) in [6.07, 6.45) is -7.44. The van der Waals surface area contributed by atoms with Gasteiger partial charge in [-0.2, -0.15) is 4.98 Å². The molecule has 3 aliphatic rings. The van der Waals surface area contributed by atoms with Crippen molar-refractivity contribution in [3.63, 3.8) is 0 Å². The van der Waals surface area contributed by atoms with E-state index in [4.69, 9.17) is 39.0 Å². The molecule has 3 saturated heterocycles. The zero-order chi connectivity index (χ0) is 31.8. The van der Waals surface area contributed by atoms with E-state index in [1.165, 1.54) is 28.1 Å². The molecule has 25 heteroatoms. The number of hydrogen-bond donors (Lipinski definition) is 7. The van der Waals surface area contributed by atoms with Crippen LogP contribution in [0, 0.1) is 0 Å². The molecular formula is C20H24N10O11P2S2. The Balaban J connectivity index is 1.21. The van der Waals surface area contributed by atoms with E-state index in [1.807, 2.05) is 0 Å². The summed E-state index contributed by atoms with van der Waals surface area (Å²) < 4.78 is 63.7. The summed E-state index contributed by atoms with van der Waals surface area (Å²) in [5.41, 5.74) is 11.2. The van der Waals surface area contributed by atoms with Crippen LogP contribution in [0.15, 0.2) is 23.8 Å². The standard InChI is InChI=1S/C20H24N10O11P2S2/c21-14-8-15(24-3-23-14)29(4-25-8)19-13-10(31)6(38-19)1-36-42(34,44)40-12-7(2-37-43(35,45)41-13)39-18(11(12)32)30-5-26-9-16(30)27-20(22)28-17(9)33/h3-7,10-13,18-19,31-32H,1-2H2,(H,34,44)(H,35,45)(H2,21,23,24)(H3,22,27,28,33)/t6-,7-,10-,11-,12-,13-,18-,19-,42-,43+/m1/s1. The Labute approximate surface area is 260 Å². The van der Waals surface area contributed by atoms with Gasteiger partial charge >= 0.3 is 13.6 Å². The molecule has 0 aliphatic carbocycles. The van der Waals surface area contributed by atoms with E-state index >= 15 is 0 Å². The van der Waals surface area contributed by atoms with Gasteiger partial charge in [0.15, 0.2) is 35.1 Å². The number of ether oxygens (including phenoxy) is 2. The lowest BCUT2D eigenvalue weighted by Gasteiger charge is -2.26. The number of fused-ring (bicyclic) bond motifs is 5. The van der Waals surface area contributed by atoms with E-state index in [-0.39, 0.29) is 34.1 Å². The van der Waals surface area contributed by atoms with Crippen molar-refractivity contribution in [2.24, 2.45) is 0 Å². The van der Waals surface area contributed by atoms with E-state index in [2.05, 4.69) is 54.4 Å². The molecule has 0 radical (unpaired) electrons. The second-order valence-corrected chi connectivity index (χ2v) is 15.9. The van der Waals surface area contributed by atoms with Crippen LogP contribution in [-0.2, 0) is 36.7 Å². The second kappa shape index (κ2) is 11.2. The Kier molecular flexibility index (Phi) is 7.74. The van der Waals surface area contributed by atoms with Crippen LogP contribution in [0.25, 0.3) is 22.3 Å². The number of aliphatic hydroxyl groups is 2. The SMILES string of the molecule is Nc1nc2c(ncn2[C@@H]2O[C@@H]3CO[P@](=O)(S)O[C@@H]4[C@H](O)[C@@H](CO[P@@](=O)(S)O[C@H]3[C@H]2O)O[C@H]4n2cnc3c(N)ncnc32)c(=O)[nH]1. The van der Waals surface area contributed by atoms with Gasteiger partial charge in [0.25, 0.3) is 5.56 Å². The molecule has 7 N–H and O–H groups in total. The maximum Gasteiger partial charge on any atom is 0.386 e. The van der Waals surface area contributed by atoms with Gasteiger partial charge in [0.1, 0.15) is 48.5 Å². The van der Waals surface area contributed by atoms with Crippen molar-refractivity contribution in [3.05, 3.63) is 29.3 Å². The fourth-order valence-electron chi connectivity index (χ4n) is 5.30. The van der Waals surface area contributed by atoms with Crippen molar-refractivity contribution in [1.82, 2.24) is 39.0 Å². The van der Waals surface area contributed by atoms with Crippen LogP contribution in [0.1, 0.15) is 12.5 Å². The molecule has 4 aromatic heterocycles. The minimum atomic E-state index is -4.35. The lowest BCUT2D eigenvalue weighted by Crippen LogP contribution is -2.36. The van der Waals surface area contributed by atoms with E-state index < -0.39 is 81.4 Å². The Morgan fingerprint density at radius 1 is 0.844 bits per heavy atom. The average Bonchev–Trinajstić information content (AvgIpc) is 3.72. The molecular weight excluding hydrogens is 682 g/mol. The molecule has 7 rings (SSSR count). The predicted molar refractivity (Wildman–Crippen MR) is 157 cm³/mol. The molecule has 45 heavy (non-hydrogen) atoms. The number of nitrogens with two attached hydrogens (primary N) is 2. The van der Waals surface area contributed by atoms with Gasteiger partial charge in [-0.25, -0.2) is 29.1 Å². The van der Waals surface area contributed by atoms with Gasteiger partial charge in [-0.05, 0) is 0 Å². The smallest absolute Gasteiger partial charge is 0.386 e. The highest BCUT2D eigenvalue weighted by Gasteiger charge is 2.53. The van der Waals surface area contributed by atoms with Crippen LogP contribution in [-0.4, -0.2) is 99.1 Å². The fraction of sp³-hybridized carbons (Fsp3) is 0.500. The third-order valence-electron chi connectivity index (χ3n) is 7.32. The number of aliphatic hydroxyl groups excluding tert-OH is 2. The largest absolute Gasteiger partial charge is 0.387 e. The number of imidazole rings is 2. The molecule has 4 aromatic rings. The first-order valence-electron chi connectivity index (χ1n) is 13.0. The maximum atomic E-state index is 13.5. The third kappa shape index (κ3) is 5.55. The number of anilines is 2. The Bertz CT molecular complexity index is 1940. The molecule has 2 bridgehead atoms. The number of aromatic amines is 1. The van der Waals surface area contributed by atoms with Crippen molar-refractivity contribution >= 4 is 72.2 Å². The first-order valence-corrected chi connectivity index (χ1v) is 18.3. The molecule has 242 valence electrons. The van der Waals surface area contributed by atoms with Gasteiger partial charge in [-0.3, -0.25) is 37.0 Å². The lowest BCUT2D eigenvalue weighted by molar-refractivity contribution is -0.0575. The van der Waals surface area contributed by atoms with Crippen LogP contribution in [0.2, 0.25) is 0 Å². The molecule has 10 atom stereocenters. The number of nitrogens with zero attached hydrogens (tertiary/aromatic N) is 7. The minimum absolute atomic E-state index is 0.0312. The molecule has 0 unspecified atom stereocenters. The van der Waals surface area contributed by atoms with Crippen molar-refractivity contribution < 1.29 is 46.9 Å². The maximum absolute atomic E-state index is 13.5. The molecule has 0 aromatic carbocycles. The summed E-state index contributed by atoms with van der Waals surface area (Å²) in [5.74, 6) is -0.142. The van der Waals surface area contributed by atoms with Crippen molar-refractivity contribution in [1.29, 1.82) is 0 Å².